The molecule has 5 nitrogen and oxygen atoms in total. The van der Waals surface area contributed by atoms with Gasteiger partial charge < -0.3 is 4.52 Å². The van der Waals surface area contributed by atoms with Crippen LogP contribution in [0.5, 0.6) is 0 Å². The number of nitrogens with zero attached hydrogens (tertiary/aromatic N) is 2. The van der Waals surface area contributed by atoms with E-state index in [9.17, 15) is 0 Å². The van der Waals surface area contributed by atoms with Crippen molar-refractivity contribution < 1.29 is 4.52 Å². The number of aromatic nitrogens is 4. The highest BCUT2D eigenvalue weighted by Crippen LogP contribution is 2.10. The van der Waals surface area contributed by atoms with E-state index in [1.165, 1.54) is 0 Å². The SMILES string of the molecule is S=c1nc(-c2cn[nH]c2)[nH]o1. The maximum atomic E-state index is 4.73. The molecular formula is C5H4N4OS. The first kappa shape index (κ1) is 6.29. The zero-order valence-corrected chi connectivity index (χ0v) is 6.18. The Labute approximate surface area is 66.4 Å². The van der Waals surface area contributed by atoms with Gasteiger partial charge in [-0.3, -0.25) is 5.10 Å². The van der Waals surface area contributed by atoms with Gasteiger partial charge in [-0.1, -0.05) is 0 Å². The molecule has 0 aliphatic carbocycles. The van der Waals surface area contributed by atoms with Crippen molar-refractivity contribution in [2.24, 2.45) is 0 Å². The van der Waals surface area contributed by atoms with Crippen LogP contribution in [-0.2, 0) is 0 Å². The molecule has 11 heavy (non-hydrogen) atoms. The summed E-state index contributed by atoms with van der Waals surface area (Å²) >= 11 is 4.67. The van der Waals surface area contributed by atoms with Crippen molar-refractivity contribution in [2.75, 3.05) is 0 Å². The second kappa shape index (κ2) is 2.31. The molecule has 2 aromatic heterocycles. The molecule has 0 aliphatic heterocycles. The minimum atomic E-state index is 0.196. The maximum Gasteiger partial charge on any atom is 0.314 e. The molecule has 2 heterocycles. The van der Waals surface area contributed by atoms with Gasteiger partial charge in [-0.2, -0.15) is 10.1 Å². The summed E-state index contributed by atoms with van der Waals surface area (Å²) in [6, 6.07) is 0. The van der Waals surface area contributed by atoms with Gasteiger partial charge in [0, 0.05) is 6.20 Å². The van der Waals surface area contributed by atoms with E-state index in [1.807, 2.05) is 0 Å². The van der Waals surface area contributed by atoms with E-state index in [2.05, 4.69) is 32.6 Å². The Kier molecular flexibility index (Phi) is 1.32. The number of nitrogens with one attached hydrogen (secondary N) is 2. The Balaban J connectivity index is 2.53. The highest BCUT2D eigenvalue weighted by Gasteiger charge is 2.01. The van der Waals surface area contributed by atoms with Gasteiger partial charge in [0.25, 0.3) is 0 Å². The minimum Gasteiger partial charge on any atom is -0.348 e. The summed E-state index contributed by atoms with van der Waals surface area (Å²) in [5.74, 6) is 0.587. The molecule has 0 radical (unpaired) electrons. The van der Waals surface area contributed by atoms with Gasteiger partial charge in [-0.15, -0.1) is 0 Å². The van der Waals surface area contributed by atoms with Crippen molar-refractivity contribution in [2.45, 2.75) is 0 Å². The molecule has 0 unspecified atom stereocenters. The lowest BCUT2D eigenvalue weighted by Crippen LogP contribution is -1.74. The third-order valence-corrected chi connectivity index (χ3v) is 1.38. The van der Waals surface area contributed by atoms with Gasteiger partial charge in [-0.05, 0) is 12.2 Å². The highest BCUT2D eigenvalue weighted by molar-refractivity contribution is 7.71. The van der Waals surface area contributed by atoms with E-state index in [4.69, 9.17) is 4.52 Å². The molecule has 0 saturated heterocycles. The molecule has 0 aliphatic rings. The zero-order chi connectivity index (χ0) is 7.68. The van der Waals surface area contributed by atoms with E-state index < -0.39 is 0 Å². The first-order valence-electron chi connectivity index (χ1n) is 2.91. The Morgan fingerprint density at radius 3 is 3.00 bits per heavy atom. The van der Waals surface area contributed by atoms with Crippen LogP contribution in [0, 0.1) is 4.84 Å². The van der Waals surface area contributed by atoms with Crippen LogP contribution in [0.25, 0.3) is 11.4 Å². The van der Waals surface area contributed by atoms with Crippen LogP contribution < -0.4 is 0 Å². The molecule has 0 fully saturated rings. The molecule has 0 spiro atoms. The number of hydrogen-bond donors (Lipinski definition) is 2. The van der Waals surface area contributed by atoms with Crippen LogP contribution in [0.15, 0.2) is 16.9 Å². The Morgan fingerprint density at radius 1 is 1.55 bits per heavy atom. The molecule has 0 bridgehead atoms. The molecule has 0 amide bonds. The lowest BCUT2D eigenvalue weighted by atomic mass is 10.3. The number of aromatic amines is 2. The van der Waals surface area contributed by atoms with E-state index in [-0.39, 0.29) is 4.84 Å². The van der Waals surface area contributed by atoms with Gasteiger partial charge in [0.2, 0.25) is 0 Å². The minimum absolute atomic E-state index is 0.196. The maximum absolute atomic E-state index is 4.73. The number of hydrogen-bond acceptors (Lipinski definition) is 4. The summed E-state index contributed by atoms with van der Waals surface area (Å²) in [6.45, 7) is 0. The molecule has 6 heteroatoms. The van der Waals surface area contributed by atoms with E-state index in [0.717, 1.165) is 5.56 Å². The third-order valence-electron chi connectivity index (χ3n) is 1.21. The van der Waals surface area contributed by atoms with Crippen LogP contribution in [0.1, 0.15) is 0 Å². The van der Waals surface area contributed by atoms with Crippen molar-refractivity contribution >= 4 is 12.2 Å². The molecule has 0 saturated carbocycles. The average molecular weight is 168 g/mol. The second-order valence-electron chi connectivity index (χ2n) is 1.92. The van der Waals surface area contributed by atoms with Crippen LogP contribution in [0.3, 0.4) is 0 Å². The summed E-state index contributed by atoms with van der Waals surface area (Å²) in [5, 5.41) is 8.96. The first-order chi connectivity index (χ1) is 5.36. The lowest BCUT2D eigenvalue weighted by molar-refractivity contribution is 0.406. The van der Waals surface area contributed by atoms with Crippen molar-refractivity contribution in [3.05, 3.63) is 17.2 Å². The van der Waals surface area contributed by atoms with E-state index >= 15 is 0 Å². The summed E-state index contributed by atoms with van der Waals surface area (Å²) < 4.78 is 4.73. The normalized spacial score (nSPS) is 10.2. The van der Waals surface area contributed by atoms with Crippen molar-refractivity contribution in [1.82, 2.24) is 20.3 Å². The molecular weight excluding hydrogens is 164 g/mol. The predicted molar refractivity (Wildman–Crippen MR) is 39.3 cm³/mol. The number of rotatable bonds is 1. The quantitative estimate of drug-likeness (QED) is 0.626. The standard InChI is InChI=1S/C5H4N4OS/c11-5-8-4(9-10-5)3-1-6-7-2-3/h1-2H,(H,6,7)(H,8,9,11). The zero-order valence-electron chi connectivity index (χ0n) is 5.37. The fourth-order valence-electron chi connectivity index (χ4n) is 0.733. The van der Waals surface area contributed by atoms with Crippen LogP contribution in [0.2, 0.25) is 0 Å². The Hall–Kier alpha value is -1.43. The predicted octanol–water partition coefficient (Wildman–Crippen LogP) is 1.12. The summed E-state index contributed by atoms with van der Waals surface area (Å²) in [7, 11) is 0. The van der Waals surface area contributed by atoms with Gasteiger partial charge in [0.15, 0.2) is 5.82 Å². The summed E-state index contributed by atoms with van der Waals surface area (Å²) in [6.07, 6.45) is 3.33. The average Bonchev–Trinajstić information content (AvgIpc) is 2.55. The summed E-state index contributed by atoms with van der Waals surface area (Å²) in [5.41, 5.74) is 0.824. The second-order valence-corrected chi connectivity index (χ2v) is 2.27. The molecule has 56 valence electrons. The van der Waals surface area contributed by atoms with Crippen LogP contribution >= 0.6 is 12.2 Å². The number of H-pyrrole nitrogens is 2. The van der Waals surface area contributed by atoms with Crippen molar-refractivity contribution in [3.8, 4) is 11.4 Å². The van der Waals surface area contributed by atoms with Crippen LogP contribution in [-0.4, -0.2) is 20.3 Å². The van der Waals surface area contributed by atoms with E-state index in [0.29, 0.717) is 5.82 Å². The first-order valence-corrected chi connectivity index (χ1v) is 3.32. The Bertz CT molecular complexity index is 387. The fourth-order valence-corrected chi connectivity index (χ4v) is 0.866. The molecule has 0 aromatic carbocycles. The highest BCUT2D eigenvalue weighted by atomic mass is 32.1. The third kappa shape index (κ3) is 1.07. The molecule has 2 N–H and O–H groups in total. The summed E-state index contributed by atoms with van der Waals surface area (Å²) in [4.78, 5) is 4.08. The largest absolute Gasteiger partial charge is 0.348 e. The van der Waals surface area contributed by atoms with Gasteiger partial charge in [0.1, 0.15) is 0 Å². The van der Waals surface area contributed by atoms with Gasteiger partial charge in [0.05, 0.1) is 11.8 Å². The van der Waals surface area contributed by atoms with Crippen LogP contribution in [0.4, 0.5) is 0 Å². The fraction of sp³-hybridized carbons (Fsp3) is 0. The molecule has 2 aromatic rings. The van der Waals surface area contributed by atoms with Crippen molar-refractivity contribution in [1.29, 1.82) is 0 Å². The van der Waals surface area contributed by atoms with Gasteiger partial charge in [-0.25, -0.2) is 5.16 Å². The molecule has 2 rings (SSSR count). The smallest absolute Gasteiger partial charge is 0.314 e. The monoisotopic (exact) mass is 168 g/mol. The topological polar surface area (TPSA) is 70.5 Å². The Morgan fingerprint density at radius 2 is 2.45 bits per heavy atom. The van der Waals surface area contributed by atoms with E-state index in [1.54, 1.807) is 12.4 Å². The lowest BCUT2D eigenvalue weighted by Gasteiger charge is -1.81. The van der Waals surface area contributed by atoms with Gasteiger partial charge >= 0.3 is 4.84 Å². The molecule has 0 atom stereocenters. The van der Waals surface area contributed by atoms with Crippen molar-refractivity contribution in [3.63, 3.8) is 0 Å².